The van der Waals surface area contributed by atoms with E-state index in [0.29, 0.717) is 0 Å². The third kappa shape index (κ3) is 10.6. The molecule has 0 heterocycles. The van der Waals surface area contributed by atoms with Gasteiger partial charge in [-0.2, -0.15) is 0 Å². The summed E-state index contributed by atoms with van der Waals surface area (Å²) < 4.78 is 0. The molecule has 0 rings (SSSR count). The first-order valence-electron chi connectivity index (χ1n) is 10.8. The molecule has 0 bridgehead atoms. The third-order valence-electron chi connectivity index (χ3n) is 4.86. The number of nitrogens with two attached hydrogens (primary N) is 2. The molecule has 0 aliphatic heterocycles. The van der Waals surface area contributed by atoms with Crippen LogP contribution in [0.4, 0.5) is 0 Å². The number of aliphatic carboxylic acids is 1. The van der Waals surface area contributed by atoms with E-state index in [2.05, 4.69) is 16.0 Å². The Morgan fingerprint density at radius 1 is 0.781 bits per heavy atom. The van der Waals surface area contributed by atoms with Crippen LogP contribution in [0.1, 0.15) is 60.8 Å². The molecule has 0 saturated carbocycles. The van der Waals surface area contributed by atoms with Gasteiger partial charge in [0.05, 0.1) is 6.04 Å². The minimum atomic E-state index is -1.17. The number of primary amides is 1. The van der Waals surface area contributed by atoms with E-state index < -0.39 is 53.8 Å². The highest BCUT2D eigenvalue weighted by Gasteiger charge is 2.32. The second-order valence-electron chi connectivity index (χ2n) is 9.10. The topological polar surface area (TPSA) is 194 Å². The summed E-state index contributed by atoms with van der Waals surface area (Å²) in [5.74, 6) is -4.22. The van der Waals surface area contributed by atoms with E-state index in [1.54, 1.807) is 27.7 Å². The summed E-state index contributed by atoms with van der Waals surface area (Å²) in [7, 11) is 0. The smallest absolute Gasteiger partial charge is 0.326 e. The van der Waals surface area contributed by atoms with E-state index >= 15 is 0 Å². The SMILES string of the molecule is CC(C)CC(NC(=O)C(NC(=O)C(N)CCC(N)=O)C(C)C)C(=O)NC(C(=O)O)C(C)C. The van der Waals surface area contributed by atoms with Crippen LogP contribution in [0.2, 0.25) is 0 Å². The fraction of sp³-hybridized carbons (Fsp3) is 0.762. The van der Waals surface area contributed by atoms with Gasteiger partial charge in [-0.25, -0.2) is 4.79 Å². The van der Waals surface area contributed by atoms with E-state index in [-0.39, 0.29) is 37.0 Å². The van der Waals surface area contributed by atoms with Crippen molar-refractivity contribution in [2.75, 3.05) is 0 Å². The lowest BCUT2D eigenvalue weighted by atomic mass is 9.98. The van der Waals surface area contributed by atoms with Crippen LogP contribution in [0.3, 0.4) is 0 Å². The highest BCUT2D eigenvalue weighted by Crippen LogP contribution is 2.10. The minimum absolute atomic E-state index is 0.0303. The Kier molecular flexibility index (Phi) is 12.5. The largest absolute Gasteiger partial charge is 0.480 e. The second-order valence-corrected chi connectivity index (χ2v) is 9.10. The van der Waals surface area contributed by atoms with Crippen LogP contribution in [0.5, 0.6) is 0 Å². The monoisotopic (exact) mass is 457 g/mol. The van der Waals surface area contributed by atoms with Crippen molar-refractivity contribution in [3.8, 4) is 0 Å². The molecule has 8 N–H and O–H groups in total. The maximum absolute atomic E-state index is 12.9. The maximum Gasteiger partial charge on any atom is 0.326 e. The lowest BCUT2D eigenvalue weighted by molar-refractivity contribution is -0.143. The Labute approximate surface area is 189 Å². The fourth-order valence-corrected chi connectivity index (χ4v) is 2.96. The van der Waals surface area contributed by atoms with Crippen LogP contribution in [-0.4, -0.2) is 58.9 Å². The number of rotatable bonds is 14. The molecule has 0 fully saturated rings. The maximum atomic E-state index is 12.9. The van der Waals surface area contributed by atoms with Crippen molar-refractivity contribution in [1.29, 1.82) is 0 Å². The zero-order valence-corrected chi connectivity index (χ0v) is 19.8. The van der Waals surface area contributed by atoms with Gasteiger partial charge >= 0.3 is 5.97 Å². The average molecular weight is 458 g/mol. The molecular weight excluding hydrogens is 418 g/mol. The number of carbonyl (C=O) groups excluding carboxylic acids is 4. The summed E-state index contributed by atoms with van der Waals surface area (Å²) in [5.41, 5.74) is 10.8. The third-order valence-corrected chi connectivity index (χ3v) is 4.86. The number of carbonyl (C=O) groups is 5. The molecule has 4 amide bonds. The summed E-state index contributed by atoms with van der Waals surface area (Å²) >= 11 is 0. The molecule has 184 valence electrons. The van der Waals surface area contributed by atoms with Crippen molar-refractivity contribution in [3.63, 3.8) is 0 Å². The summed E-state index contributed by atoms with van der Waals surface area (Å²) in [5, 5.41) is 17.0. The van der Waals surface area contributed by atoms with Gasteiger partial charge in [0.1, 0.15) is 18.1 Å². The van der Waals surface area contributed by atoms with Crippen molar-refractivity contribution < 1.29 is 29.1 Å². The van der Waals surface area contributed by atoms with Crippen molar-refractivity contribution >= 4 is 29.6 Å². The molecule has 11 heteroatoms. The first kappa shape index (κ1) is 29.3. The quantitative estimate of drug-likeness (QED) is 0.202. The zero-order chi connectivity index (χ0) is 25.2. The van der Waals surface area contributed by atoms with Gasteiger partial charge in [-0.1, -0.05) is 41.5 Å². The van der Waals surface area contributed by atoms with Crippen LogP contribution in [-0.2, 0) is 24.0 Å². The van der Waals surface area contributed by atoms with Crippen LogP contribution in [0, 0.1) is 17.8 Å². The number of hydrogen-bond donors (Lipinski definition) is 6. The minimum Gasteiger partial charge on any atom is -0.480 e. The van der Waals surface area contributed by atoms with Crippen molar-refractivity contribution in [2.24, 2.45) is 29.2 Å². The number of amides is 4. The zero-order valence-electron chi connectivity index (χ0n) is 19.8. The van der Waals surface area contributed by atoms with E-state index in [1.807, 2.05) is 13.8 Å². The standard InChI is InChI=1S/C21H39N5O6/c1-10(2)9-14(19(29)26-17(12(5)6)21(31)32)24-20(30)16(11(3)4)25-18(28)13(22)7-8-15(23)27/h10-14,16-17H,7-9,22H2,1-6H3,(H2,23,27)(H,24,30)(H,25,28)(H,26,29)(H,31,32). The van der Waals surface area contributed by atoms with E-state index in [0.717, 1.165) is 0 Å². The Bertz CT molecular complexity index is 680. The Morgan fingerprint density at radius 2 is 1.28 bits per heavy atom. The number of hydrogen-bond acceptors (Lipinski definition) is 6. The molecule has 32 heavy (non-hydrogen) atoms. The lowest BCUT2D eigenvalue weighted by Crippen LogP contribution is -2.59. The van der Waals surface area contributed by atoms with Gasteiger partial charge in [0, 0.05) is 6.42 Å². The highest BCUT2D eigenvalue weighted by molar-refractivity contribution is 5.94. The van der Waals surface area contributed by atoms with Crippen molar-refractivity contribution in [2.45, 2.75) is 85.0 Å². The first-order chi connectivity index (χ1) is 14.7. The Balaban J connectivity index is 5.39. The highest BCUT2D eigenvalue weighted by atomic mass is 16.4. The van der Waals surface area contributed by atoms with Gasteiger partial charge in [-0.05, 0) is 30.6 Å². The predicted molar refractivity (Wildman–Crippen MR) is 119 cm³/mol. The molecule has 0 aromatic carbocycles. The second kappa shape index (κ2) is 13.7. The van der Waals surface area contributed by atoms with Crippen molar-refractivity contribution in [3.05, 3.63) is 0 Å². The van der Waals surface area contributed by atoms with Gasteiger partial charge in [0.15, 0.2) is 0 Å². The molecule has 0 radical (unpaired) electrons. The normalized spacial score (nSPS) is 15.1. The number of nitrogens with one attached hydrogen (secondary N) is 3. The number of carboxylic acid groups (broad SMARTS) is 1. The summed E-state index contributed by atoms with van der Waals surface area (Å²) in [4.78, 5) is 60.4. The van der Waals surface area contributed by atoms with Crippen LogP contribution in [0.15, 0.2) is 0 Å². The van der Waals surface area contributed by atoms with E-state index in [1.165, 1.54) is 0 Å². The lowest BCUT2D eigenvalue weighted by Gasteiger charge is -2.28. The summed E-state index contributed by atoms with van der Waals surface area (Å²) in [6.07, 6.45) is 0.251. The van der Waals surface area contributed by atoms with Crippen LogP contribution < -0.4 is 27.4 Å². The summed E-state index contributed by atoms with van der Waals surface area (Å²) in [6.45, 7) is 10.5. The molecule has 0 aromatic rings. The van der Waals surface area contributed by atoms with Crippen LogP contribution >= 0.6 is 0 Å². The molecule has 4 unspecified atom stereocenters. The fourth-order valence-electron chi connectivity index (χ4n) is 2.96. The molecule has 0 aromatic heterocycles. The molecule has 11 nitrogen and oxygen atoms in total. The Hall–Kier alpha value is -2.69. The average Bonchev–Trinajstić information content (AvgIpc) is 2.65. The molecule has 0 aliphatic carbocycles. The molecule has 0 saturated heterocycles. The van der Waals surface area contributed by atoms with Gasteiger partial charge in [-0.15, -0.1) is 0 Å². The predicted octanol–water partition coefficient (Wildman–Crippen LogP) is -0.524. The number of carboxylic acids is 1. The molecule has 0 aliphatic rings. The van der Waals surface area contributed by atoms with E-state index in [9.17, 15) is 29.1 Å². The van der Waals surface area contributed by atoms with E-state index in [4.69, 9.17) is 11.5 Å². The molecular formula is C21H39N5O6. The van der Waals surface area contributed by atoms with Gasteiger partial charge in [0.2, 0.25) is 23.6 Å². The van der Waals surface area contributed by atoms with Gasteiger partial charge in [0.25, 0.3) is 0 Å². The first-order valence-corrected chi connectivity index (χ1v) is 10.8. The molecule has 4 atom stereocenters. The van der Waals surface area contributed by atoms with Gasteiger partial charge in [-0.3, -0.25) is 19.2 Å². The molecule has 0 spiro atoms. The van der Waals surface area contributed by atoms with Crippen LogP contribution in [0.25, 0.3) is 0 Å². The van der Waals surface area contributed by atoms with Gasteiger partial charge < -0.3 is 32.5 Å². The summed E-state index contributed by atoms with van der Waals surface area (Å²) in [6, 6.07) is -4.08. The Morgan fingerprint density at radius 3 is 1.69 bits per heavy atom. The van der Waals surface area contributed by atoms with Crippen molar-refractivity contribution in [1.82, 2.24) is 16.0 Å².